The molecule has 25 heavy (non-hydrogen) atoms. The monoisotopic (exact) mass is 350 g/mol. The van der Waals surface area contributed by atoms with Crippen LogP contribution in [-0.4, -0.2) is 50.4 Å². The Bertz CT molecular complexity index is 843. The van der Waals surface area contributed by atoms with Crippen LogP contribution in [0, 0.1) is 11.3 Å². The molecule has 2 aromatic rings. The first-order chi connectivity index (χ1) is 12.0. The van der Waals surface area contributed by atoms with Gasteiger partial charge in [-0.2, -0.15) is 23.1 Å². The smallest absolute Gasteiger partial charge is 0.375 e. The number of hydrogen-bond donors (Lipinski definition) is 0. The number of hydrogen-bond acceptors (Lipinski definition) is 6. The van der Waals surface area contributed by atoms with Gasteiger partial charge in [0, 0.05) is 12.6 Å². The summed E-state index contributed by atoms with van der Waals surface area (Å²) >= 11 is 0. The van der Waals surface area contributed by atoms with Gasteiger partial charge in [0.2, 0.25) is 0 Å². The highest BCUT2D eigenvalue weighted by Gasteiger charge is 2.39. The van der Waals surface area contributed by atoms with E-state index in [2.05, 4.69) is 20.4 Å². The van der Waals surface area contributed by atoms with E-state index in [4.69, 9.17) is 10.00 Å². The Kier molecular flexibility index (Phi) is 3.70. The van der Waals surface area contributed by atoms with Gasteiger partial charge in [0.15, 0.2) is 5.82 Å². The first-order valence-corrected chi connectivity index (χ1v) is 7.70. The molecule has 2 aliphatic rings. The molecule has 2 aliphatic heterocycles. The predicted octanol–water partition coefficient (Wildman–Crippen LogP) is 1.53. The first-order valence-electron chi connectivity index (χ1n) is 7.70. The van der Waals surface area contributed by atoms with E-state index in [1.807, 2.05) is 0 Å². The molecule has 0 saturated carbocycles. The van der Waals surface area contributed by atoms with E-state index in [1.165, 1.54) is 10.7 Å². The minimum Gasteiger partial charge on any atom is -0.375 e. The van der Waals surface area contributed by atoms with E-state index in [9.17, 15) is 13.2 Å². The summed E-state index contributed by atoms with van der Waals surface area (Å²) in [7, 11) is 0. The van der Waals surface area contributed by atoms with Gasteiger partial charge in [-0.1, -0.05) is 0 Å². The number of likely N-dealkylation sites (tertiary alicyclic amines) is 1. The lowest BCUT2D eigenvalue weighted by molar-refractivity contribution is -0.137. The van der Waals surface area contributed by atoms with Gasteiger partial charge in [0.05, 0.1) is 42.1 Å². The molecule has 0 spiro atoms. The third-order valence-electron chi connectivity index (χ3n) is 4.57. The molecule has 3 heterocycles. The maximum absolute atomic E-state index is 13.2. The van der Waals surface area contributed by atoms with Gasteiger partial charge in [-0.25, -0.2) is 0 Å². The van der Waals surface area contributed by atoms with Crippen molar-refractivity contribution in [1.29, 1.82) is 5.26 Å². The largest absolute Gasteiger partial charge is 0.417 e. The number of morpholine rings is 1. The zero-order valence-electron chi connectivity index (χ0n) is 12.9. The molecule has 1 aromatic heterocycles. The molecule has 0 unspecified atom stereocenters. The van der Waals surface area contributed by atoms with E-state index < -0.39 is 17.3 Å². The minimum atomic E-state index is -4.62. The van der Waals surface area contributed by atoms with Gasteiger partial charge in [-0.15, -0.1) is 5.10 Å². The van der Waals surface area contributed by atoms with Crippen LogP contribution >= 0.6 is 0 Å². The first kappa shape index (κ1) is 16.0. The lowest BCUT2D eigenvalue weighted by Crippen LogP contribution is -2.37. The molecular weight excluding hydrogens is 337 g/mol. The van der Waals surface area contributed by atoms with E-state index in [-0.39, 0.29) is 11.8 Å². The lowest BCUT2D eigenvalue weighted by atomic mass is 10.1. The summed E-state index contributed by atoms with van der Waals surface area (Å²) in [6, 6.07) is 5.30. The van der Waals surface area contributed by atoms with Crippen molar-refractivity contribution in [3.05, 3.63) is 35.2 Å². The predicted molar refractivity (Wildman–Crippen MR) is 77.4 cm³/mol. The minimum absolute atomic E-state index is 0.173. The van der Waals surface area contributed by atoms with Gasteiger partial charge in [0.25, 0.3) is 0 Å². The zero-order valence-corrected chi connectivity index (χ0v) is 12.9. The maximum Gasteiger partial charge on any atom is 0.417 e. The van der Waals surface area contributed by atoms with Crippen molar-refractivity contribution in [3.8, 4) is 11.8 Å². The fourth-order valence-electron chi connectivity index (χ4n) is 3.36. The fourth-order valence-corrected chi connectivity index (χ4v) is 3.36. The van der Waals surface area contributed by atoms with Gasteiger partial charge in [-0.3, -0.25) is 4.90 Å². The van der Waals surface area contributed by atoms with Crippen molar-refractivity contribution < 1.29 is 17.9 Å². The molecule has 7 nitrogen and oxygen atoms in total. The van der Waals surface area contributed by atoms with Gasteiger partial charge in [0.1, 0.15) is 0 Å². The van der Waals surface area contributed by atoms with Gasteiger partial charge in [-0.05, 0) is 35.0 Å². The van der Waals surface area contributed by atoms with Crippen molar-refractivity contribution >= 4 is 0 Å². The van der Waals surface area contributed by atoms with E-state index >= 15 is 0 Å². The summed E-state index contributed by atoms with van der Waals surface area (Å²) in [6.45, 7) is 1.85. The van der Waals surface area contributed by atoms with E-state index in [0.29, 0.717) is 25.0 Å². The number of rotatable bonds is 3. The summed E-state index contributed by atoms with van der Waals surface area (Å²) in [6.07, 6.45) is -3.46. The summed E-state index contributed by atoms with van der Waals surface area (Å²) < 4.78 is 46.3. The zero-order chi connectivity index (χ0) is 17.6. The quantitative estimate of drug-likeness (QED) is 0.835. The lowest BCUT2D eigenvalue weighted by Gasteiger charge is -2.25. The van der Waals surface area contributed by atoms with Crippen LogP contribution in [-0.2, 0) is 17.5 Å². The topological polar surface area (TPSA) is 79.9 Å². The third kappa shape index (κ3) is 2.85. The molecular formula is C15H13F3N6O. The van der Waals surface area contributed by atoms with Crippen LogP contribution < -0.4 is 0 Å². The molecule has 1 aromatic carbocycles. The molecule has 0 N–H and O–H groups in total. The maximum atomic E-state index is 13.2. The van der Waals surface area contributed by atoms with Crippen LogP contribution in [0.25, 0.3) is 5.69 Å². The Morgan fingerprint density at radius 2 is 2.20 bits per heavy atom. The standard InChI is InChI=1S/C15H13F3N6O/c16-15(17,18)13-4-10(2-1-9(13)5-19)24-14(20-21-22-24)7-23-6-12-3-11(23)8-25-12/h1-2,4,11-12H,3,6-8H2/t11-,12-/m0/s1. The Morgan fingerprint density at radius 1 is 1.36 bits per heavy atom. The van der Waals surface area contributed by atoms with Gasteiger partial charge < -0.3 is 4.74 Å². The SMILES string of the molecule is N#Cc1ccc(-n2nnnc2CN2C[C@@H]3C[C@H]2CO3)cc1C(F)(F)F. The average Bonchev–Trinajstić information content (AvgIpc) is 3.30. The van der Waals surface area contributed by atoms with Gasteiger partial charge >= 0.3 is 6.18 Å². The number of benzene rings is 1. The number of tetrazole rings is 1. The van der Waals surface area contributed by atoms with Crippen molar-refractivity contribution in [2.75, 3.05) is 13.2 Å². The molecule has 0 aliphatic carbocycles. The molecule has 0 amide bonds. The van der Waals surface area contributed by atoms with Crippen LogP contribution in [0.4, 0.5) is 13.2 Å². The number of alkyl halides is 3. The van der Waals surface area contributed by atoms with E-state index in [1.54, 1.807) is 6.07 Å². The second kappa shape index (κ2) is 5.79. The van der Waals surface area contributed by atoms with Crippen LogP contribution in [0.1, 0.15) is 23.4 Å². The highest BCUT2D eigenvalue weighted by Crippen LogP contribution is 2.33. The number of ether oxygens (including phenoxy) is 1. The molecule has 130 valence electrons. The van der Waals surface area contributed by atoms with Crippen molar-refractivity contribution in [3.63, 3.8) is 0 Å². The molecule has 2 atom stereocenters. The van der Waals surface area contributed by atoms with Crippen LogP contribution in [0.3, 0.4) is 0 Å². The molecule has 4 rings (SSSR count). The van der Waals surface area contributed by atoms with E-state index in [0.717, 1.165) is 25.1 Å². The molecule has 0 radical (unpaired) electrons. The Morgan fingerprint density at radius 3 is 2.84 bits per heavy atom. The third-order valence-corrected chi connectivity index (χ3v) is 4.57. The van der Waals surface area contributed by atoms with Crippen molar-refractivity contribution in [2.24, 2.45) is 0 Å². The summed E-state index contributed by atoms with van der Waals surface area (Å²) in [5.74, 6) is 0.449. The molecule has 2 fully saturated rings. The second-order valence-electron chi connectivity index (χ2n) is 6.12. The van der Waals surface area contributed by atoms with Crippen LogP contribution in [0.2, 0.25) is 0 Å². The second-order valence-corrected chi connectivity index (χ2v) is 6.12. The molecule has 10 heteroatoms. The van der Waals surface area contributed by atoms with Crippen LogP contribution in [0.5, 0.6) is 0 Å². The van der Waals surface area contributed by atoms with Crippen LogP contribution in [0.15, 0.2) is 18.2 Å². The Labute approximate surface area is 140 Å². The molecule has 2 saturated heterocycles. The van der Waals surface area contributed by atoms with Crippen molar-refractivity contribution in [1.82, 2.24) is 25.1 Å². The number of nitriles is 1. The molecule has 2 bridgehead atoms. The Hall–Kier alpha value is -2.51. The average molecular weight is 350 g/mol. The Balaban J connectivity index is 1.65. The fraction of sp³-hybridized carbons (Fsp3) is 0.467. The highest BCUT2D eigenvalue weighted by molar-refractivity contribution is 5.47. The summed E-state index contributed by atoms with van der Waals surface area (Å²) in [5.41, 5.74) is -1.26. The number of aromatic nitrogens is 4. The summed E-state index contributed by atoms with van der Waals surface area (Å²) in [4.78, 5) is 2.17. The highest BCUT2D eigenvalue weighted by atomic mass is 19.4. The normalized spacial score (nSPS) is 23.1. The van der Waals surface area contributed by atoms with Crippen molar-refractivity contribution in [2.45, 2.75) is 31.3 Å². The number of halogens is 3. The number of fused-ring (bicyclic) bond motifs is 2. The summed E-state index contributed by atoms with van der Waals surface area (Å²) in [5, 5.41) is 20.3. The number of nitrogens with zero attached hydrogens (tertiary/aromatic N) is 6.